The normalized spacial score (nSPS) is 10.7. The molecule has 106 valence electrons. The fourth-order valence-corrected chi connectivity index (χ4v) is 2.83. The third-order valence-corrected chi connectivity index (χ3v) is 4.25. The number of phenolic OH excluding ortho intramolecular Hbond substituents is 1. The van der Waals surface area contributed by atoms with Crippen LogP contribution in [0.4, 0.5) is 0 Å². The number of phenols is 1. The van der Waals surface area contributed by atoms with Crippen LogP contribution < -0.4 is 4.74 Å². The van der Waals surface area contributed by atoms with E-state index >= 15 is 0 Å². The Morgan fingerprint density at radius 2 is 1.40 bits per heavy atom. The van der Waals surface area contributed by atoms with E-state index in [0.29, 0.717) is 5.75 Å². The van der Waals surface area contributed by atoms with E-state index in [9.17, 15) is 5.11 Å². The van der Waals surface area contributed by atoms with Gasteiger partial charge in [-0.3, -0.25) is 0 Å². The zero-order chi connectivity index (χ0) is 15.0. The van der Waals surface area contributed by atoms with Crippen LogP contribution in [0.2, 0.25) is 0 Å². The molecule has 0 aliphatic rings. The van der Waals surface area contributed by atoms with Crippen LogP contribution in [-0.2, 0) is 0 Å². The van der Waals surface area contributed by atoms with Gasteiger partial charge in [0, 0.05) is 0 Å². The maximum atomic E-state index is 9.70. The number of hydrogen-bond acceptors (Lipinski definition) is 2. The first-order chi connectivity index (χ1) is 9.38. The molecule has 0 atom stereocenters. The van der Waals surface area contributed by atoms with Gasteiger partial charge in [0.05, 0.1) is 7.11 Å². The fraction of sp³-hybridized carbons (Fsp3) is 0.333. The summed E-state index contributed by atoms with van der Waals surface area (Å²) in [5.74, 6) is 1.31. The van der Waals surface area contributed by atoms with Crippen molar-refractivity contribution in [3.05, 3.63) is 46.0 Å². The van der Waals surface area contributed by atoms with E-state index in [1.807, 2.05) is 19.1 Å². The fourth-order valence-electron chi connectivity index (χ4n) is 2.83. The third kappa shape index (κ3) is 2.15. The predicted octanol–water partition coefficient (Wildman–Crippen LogP) is 4.61. The van der Waals surface area contributed by atoms with E-state index in [1.165, 1.54) is 27.8 Å². The van der Waals surface area contributed by atoms with Gasteiger partial charge in [0.1, 0.15) is 11.5 Å². The SMILES string of the molecule is COc1c(C)c(C)c(-c2ccc(O)c(C)c2)c(C)c1C. The first-order valence-electron chi connectivity index (χ1n) is 6.82. The Hall–Kier alpha value is -1.96. The average molecular weight is 270 g/mol. The molecular formula is C18H22O2. The Bertz CT molecular complexity index is 641. The van der Waals surface area contributed by atoms with Crippen molar-refractivity contribution >= 4 is 0 Å². The molecule has 0 aliphatic heterocycles. The Kier molecular flexibility index (Phi) is 3.76. The smallest absolute Gasteiger partial charge is 0.125 e. The maximum absolute atomic E-state index is 9.70. The van der Waals surface area contributed by atoms with Gasteiger partial charge < -0.3 is 9.84 Å². The molecule has 0 aromatic heterocycles. The molecule has 2 rings (SSSR count). The second-order valence-corrected chi connectivity index (χ2v) is 5.41. The van der Waals surface area contributed by atoms with Crippen molar-refractivity contribution in [2.75, 3.05) is 7.11 Å². The molecule has 0 amide bonds. The van der Waals surface area contributed by atoms with Gasteiger partial charge in [0.15, 0.2) is 0 Å². The number of rotatable bonds is 2. The number of hydrogen-bond donors (Lipinski definition) is 1. The van der Waals surface area contributed by atoms with Crippen LogP contribution in [0.3, 0.4) is 0 Å². The molecule has 2 heteroatoms. The monoisotopic (exact) mass is 270 g/mol. The molecule has 1 N–H and O–H groups in total. The molecule has 0 spiro atoms. The van der Waals surface area contributed by atoms with Crippen molar-refractivity contribution in [1.82, 2.24) is 0 Å². The molecule has 2 nitrogen and oxygen atoms in total. The van der Waals surface area contributed by atoms with Crippen LogP contribution in [0.15, 0.2) is 18.2 Å². The molecule has 2 aromatic rings. The van der Waals surface area contributed by atoms with Crippen LogP contribution in [-0.4, -0.2) is 12.2 Å². The minimum Gasteiger partial charge on any atom is -0.508 e. The number of aromatic hydroxyl groups is 1. The Morgan fingerprint density at radius 1 is 0.850 bits per heavy atom. The maximum Gasteiger partial charge on any atom is 0.125 e. The largest absolute Gasteiger partial charge is 0.508 e. The van der Waals surface area contributed by atoms with Gasteiger partial charge >= 0.3 is 0 Å². The molecule has 0 unspecified atom stereocenters. The molecule has 0 bridgehead atoms. The highest BCUT2D eigenvalue weighted by Gasteiger charge is 2.16. The highest BCUT2D eigenvalue weighted by atomic mass is 16.5. The summed E-state index contributed by atoms with van der Waals surface area (Å²) in [6.07, 6.45) is 0. The molecule has 0 saturated heterocycles. The number of aryl methyl sites for hydroxylation is 1. The zero-order valence-electron chi connectivity index (χ0n) is 13.1. The second-order valence-electron chi connectivity index (χ2n) is 5.41. The first kappa shape index (κ1) is 14.4. The van der Waals surface area contributed by atoms with Crippen molar-refractivity contribution in [3.8, 4) is 22.6 Å². The first-order valence-corrected chi connectivity index (χ1v) is 6.82. The Morgan fingerprint density at radius 3 is 1.85 bits per heavy atom. The summed E-state index contributed by atoms with van der Waals surface area (Å²) in [7, 11) is 1.72. The van der Waals surface area contributed by atoms with E-state index in [2.05, 4.69) is 27.7 Å². The van der Waals surface area contributed by atoms with E-state index in [4.69, 9.17) is 4.74 Å². The molecule has 0 radical (unpaired) electrons. The van der Waals surface area contributed by atoms with E-state index < -0.39 is 0 Å². The van der Waals surface area contributed by atoms with E-state index in [1.54, 1.807) is 13.2 Å². The summed E-state index contributed by atoms with van der Waals surface area (Å²) in [5, 5.41) is 9.70. The van der Waals surface area contributed by atoms with Crippen LogP contribution in [0, 0.1) is 34.6 Å². The van der Waals surface area contributed by atoms with Crippen molar-refractivity contribution in [3.63, 3.8) is 0 Å². The molecular weight excluding hydrogens is 248 g/mol. The molecule has 2 aromatic carbocycles. The van der Waals surface area contributed by atoms with Crippen LogP contribution in [0.1, 0.15) is 27.8 Å². The predicted molar refractivity (Wildman–Crippen MR) is 83.8 cm³/mol. The minimum atomic E-state index is 0.339. The number of ether oxygens (including phenoxy) is 1. The highest BCUT2D eigenvalue weighted by molar-refractivity contribution is 5.76. The lowest BCUT2D eigenvalue weighted by molar-refractivity contribution is 0.408. The summed E-state index contributed by atoms with van der Waals surface area (Å²) in [4.78, 5) is 0. The summed E-state index contributed by atoms with van der Waals surface area (Å²) in [5.41, 5.74) is 8.10. The van der Waals surface area contributed by atoms with Gasteiger partial charge in [0.25, 0.3) is 0 Å². The van der Waals surface area contributed by atoms with Gasteiger partial charge in [-0.05, 0) is 85.7 Å². The summed E-state index contributed by atoms with van der Waals surface area (Å²) in [6, 6.07) is 5.78. The standard InChI is InChI=1S/C18H22O2/c1-10-9-15(7-8-16(10)19)17-11(2)13(4)18(20-6)14(5)12(17)3/h7-9,19H,1-6H3. The lowest BCUT2D eigenvalue weighted by Crippen LogP contribution is -2.00. The summed E-state index contributed by atoms with van der Waals surface area (Å²) in [6.45, 7) is 10.4. The summed E-state index contributed by atoms with van der Waals surface area (Å²) < 4.78 is 5.53. The molecule has 0 aliphatic carbocycles. The molecule has 0 heterocycles. The van der Waals surface area contributed by atoms with Crippen molar-refractivity contribution in [2.45, 2.75) is 34.6 Å². The second kappa shape index (κ2) is 5.20. The van der Waals surface area contributed by atoms with E-state index in [-0.39, 0.29) is 0 Å². The topological polar surface area (TPSA) is 29.5 Å². The van der Waals surface area contributed by atoms with Crippen molar-refractivity contribution in [1.29, 1.82) is 0 Å². The lowest BCUT2D eigenvalue weighted by Gasteiger charge is -2.20. The minimum absolute atomic E-state index is 0.339. The van der Waals surface area contributed by atoms with Crippen molar-refractivity contribution in [2.24, 2.45) is 0 Å². The number of methoxy groups -OCH3 is 1. The Labute approximate surface area is 121 Å². The van der Waals surface area contributed by atoms with E-state index in [0.717, 1.165) is 16.9 Å². The van der Waals surface area contributed by atoms with Gasteiger partial charge in [-0.2, -0.15) is 0 Å². The van der Waals surface area contributed by atoms with Crippen LogP contribution in [0.5, 0.6) is 11.5 Å². The molecule has 0 fully saturated rings. The van der Waals surface area contributed by atoms with Gasteiger partial charge in [0.2, 0.25) is 0 Å². The quantitative estimate of drug-likeness (QED) is 0.863. The zero-order valence-corrected chi connectivity index (χ0v) is 13.1. The highest BCUT2D eigenvalue weighted by Crippen LogP contribution is 2.38. The number of benzene rings is 2. The van der Waals surface area contributed by atoms with Crippen LogP contribution in [0.25, 0.3) is 11.1 Å². The van der Waals surface area contributed by atoms with Gasteiger partial charge in [-0.15, -0.1) is 0 Å². The molecule has 20 heavy (non-hydrogen) atoms. The average Bonchev–Trinajstić information content (AvgIpc) is 2.41. The van der Waals surface area contributed by atoms with Crippen LogP contribution >= 0.6 is 0 Å². The summed E-state index contributed by atoms with van der Waals surface area (Å²) >= 11 is 0. The van der Waals surface area contributed by atoms with Gasteiger partial charge in [-0.25, -0.2) is 0 Å². The van der Waals surface area contributed by atoms with Gasteiger partial charge in [-0.1, -0.05) is 6.07 Å². The van der Waals surface area contributed by atoms with Crippen molar-refractivity contribution < 1.29 is 9.84 Å². The Balaban J connectivity index is 2.77. The molecule has 0 saturated carbocycles. The lowest BCUT2D eigenvalue weighted by atomic mass is 9.88. The third-order valence-electron chi connectivity index (χ3n) is 4.25.